The van der Waals surface area contributed by atoms with Crippen molar-refractivity contribution in [3.05, 3.63) is 16.5 Å². The summed E-state index contributed by atoms with van der Waals surface area (Å²) in [7, 11) is 0. The normalized spacial score (nSPS) is 15.6. The van der Waals surface area contributed by atoms with Crippen LogP contribution >= 0.6 is 15.9 Å². The maximum Gasteiger partial charge on any atom is 0.134 e. The van der Waals surface area contributed by atoms with Crippen molar-refractivity contribution in [2.24, 2.45) is 0 Å². The third-order valence-corrected chi connectivity index (χ3v) is 3.24. The van der Waals surface area contributed by atoms with E-state index in [9.17, 15) is 0 Å². The predicted octanol–water partition coefficient (Wildman–Crippen LogP) is 3.35. The van der Waals surface area contributed by atoms with Crippen LogP contribution in [0.25, 0.3) is 0 Å². The summed E-state index contributed by atoms with van der Waals surface area (Å²) in [5, 5.41) is 0. The molecule has 0 N–H and O–H groups in total. The van der Waals surface area contributed by atoms with Crippen LogP contribution in [0, 0.1) is 0 Å². The van der Waals surface area contributed by atoms with E-state index < -0.39 is 0 Å². The molecule has 1 fully saturated rings. The number of halogens is 1. The Bertz CT molecular complexity index is 375. The van der Waals surface area contributed by atoms with Crippen molar-refractivity contribution < 1.29 is 0 Å². The lowest BCUT2D eigenvalue weighted by Gasteiger charge is -2.22. The standard InChI is InChI=1S/C12H18BrN3/c1-4-16(9-5-6-9)11-7-10(13)14-12(15-11)8(2)3/h7-9H,4-6H2,1-3H3. The summed E-state index contributed by atoms with van der Waals surface area (Å²) in [5.74, 6) is 2.35. The SMILES string of the molecule is CCN(c1cc(Br)nc(C(C)C)n1)C1CC1. The second-order valence-electron chi connectivity index (χ2n) is 4.58. The number of anilines is 1. The van der Waals surface area contributed by atoms with E-state index in [1.807, 2.05) is 6.07 Å². The highest BCUT2D eigenvalue weighted by Gasteiger charge is 2.29. The van der Waals surface area contributed by atoms with Crippen LogP contribution in [-0.2, 0) is 0 Å². The third-order valence-electron chi connectivity index (χ3n) is 2.84. The summed E-state index contributed by atoms with van der Waals surface area (Å²) >= 11 is 3.47. The lowest BCUT2D eigenvalue weighted by atomic mass is 10.2. The zero-order valence-corrected chi connectivity index (χ0v) is 11.7. The molecule has 1 aromatic heterocycles. The Labute approximate surface area is 105 Å². The molecule has 0 aliphatic heterocycles. The average Bonchev–Trinajstić information content (AvgIpc) is 3.02. The van der Waals surface area contributed by atoms with Gasteiger partial charge in [0.2, 0.25) is 0 Å². The van der Waals surface area contributed by atoms with Crippen LogP contribution in [0.4, 0.5) is 5.82 Å². The fraction of sp³-hybridized carbons (Fsp3) is 0.667. The minimum absolute atomic E-state index is 0.370. The molecule has 16 heavy (non-hydrogen) atoms. The van der Waals surface area contributed by atoms with E-state index in [2.05, 4.69) is 51.6 Å². The van der Waals surface area contributed by atoms with Gasteiger partial charge in [-0.25, -0.2) is 9.97 Å². The van der Waals surface area contributed by atoms with Gasteiger partial charge in [-0.1, -0.05) is 13.8 Å². The molecule has 1 saturated carbocycles. The molecule has 1 aromatic rings. The fourth-order valence-electron chi connectivity index (χ4n) is 1.82. The molecule has 1 aliphatic rings. The average molecular weight is 284 g/mol. The molecule has 0 spiro atoms. The predicted molar refractivity (Wildman–Crippen MR) is 69.9 cm³/mol. The first-order valence-electron chi connectivity index (χ1n) is 5.93. The van der Waals surface area contributed by atoms with Gasteiger partial charge in [-0.3, -0.25) is 0 Å². The van der Waals surface area contributed by atoms with Gasteiger partial charge in [-0.05, 0) is 35.7 Å². The summed E-state index contributed by atoms with van der Waals surface area (Å²) in [6.07, 6.45) is 2.60. The number of hydrogen-bond donors (Lipinski definition) is 0. The highest BCUT2D eigenvalue weighted by atomic mass is 79.9. The fourth-order valence-corrected chi connectivity index (χ4v) is 2.21. The van der Waals surface area contributed by atoms with Crippen LogP contribution < -0.4 is 4.90 Å². The second-order valence-corrected chi connectivity index (χ2v) is 5.39. The van der Waals surface area contributed by atoms with E-state index >= 15 is 0 Å². The van der Waals surface area contributed by atoms with Gasteiger partial charge in [0.05, 0.1) is 0 Å². The van der Waals surface area contributed by atoms with Crippen LogP contribution in [0.5, 0.6) is 0 Å². The summed E-state index contributed by atoms with van der Waals surface area (Å²) in [6, 6.07) is 2.72. The smallest absolute Gasteiger partial charge is 0.134 e. The van der Waals surface area contributed by atoms with Crippen molar-refractivity contribution in [1.82, 2.24) is 9.97 Å². The van der Waals surface area contributed by atoms with Crippen LogP contribution in [0.3, 0.4) is 0 Å². The van der Waals surface area contributed by atoms with E-state index in [0.717, 1.165) is 22.8 Å². The lowest BCUT2D eigenvalue weighted by molar-refractivity contribution is 0.742. The Hall–Kier alpha value is -0.640. The van der Waals surface area contributed by atoms with Crippen molar-refractivity contribution in [3.8, 4) is 0 Å². The molecule has 88 valence electrons. The molecule has 2 rings (SSSR count). The minimum Gasteiger partial charge on any atom is -0.354 e. The largest absolute Gasteiger partial charge is 0.354 e. The monoisotopic (exact) mass is 283 g/mol. The summed E-state index contributed by atoms with van der Waals surface area (Å²) in [4.78, 5) is 11.4. The first kappa shape index (κ1) is 11.8. The highest BCUT2D eigenvalue weighted by Crippen LogP contribution is 2.31. The molecule has 0 aromatic carbocycles. The lowest BCUT2D eigenvalue weighted by Crippen LogP contribution is -2.26. The molecule has 3 nitrogen and oxygen atoms in total. The number of hydrogen-bond acceptors (Lipinski definition) is 3. The van der Waals surface area contributed by atoms with Gasteiger partial charge in [-0.15, -0.1) is 0 Å². The highest BCUT2D eigenvalue weighted by molar-refractivity contribution is 9.10. The molecular weight excluding hydrogens is 266 g/mol. The third kappa shape index (κ3) is 2.54. The number of nitrogens with zero attached hydrogens (tertiary/aromatic N) is 3. The van der Waals surface area contributed by atoms with E-state index in [0.29, 0.717) is 12.0 Å². The first-order chi connectivity index (χ1) is 7.61. The Balaban J connectivity index is 2.31. The number of aromatic nitrogens is 2. The molecule has 1 aliphatic carbocycles. The molecule has 1 heterocycles. The van der Waals surface area contributed by atoms with Crippen LogP contribution in [0.15, 0.2) is 10.7 Å². The maximum atomic E-state index is 4.65. The van der Waals surface area contributed by atoms with Crippen molar-refractivity contribution in [3.63, 3.8) is 0 Å². The van der Waals surface area contributed by atoms with Crippen LogP contribution in [0.1, 0.15) is 45.4 Å². The molecule has 0 atom stereocenters. The van der Waals surface area contributed by atoms with Gasteiger partial charge < -0.3 is 4.90 Å². The Morgan fingerprint density at radius 3 is 2.62 bits per heavy atom. The van der Waals surface area contributed by atoms with Crippen LogP contribution in [-0.4, -0.2) is 22.6 Å². The van der Waals surface area contributed by atoms with Crippen molar-refractivity contribution in [2.45, 2.75) is 45.6 Å². The van der Waals surface area contributed by atoms with E-state index in [4.69, 9.17) is 0 Å². The quantitative estimate of drug-likeness (QED) is 0.794. The summed E-state index contributed by atoms with van der Waals surface area (Å²) in [5.41, 5.74) is 0. The molecule has 0 radical (unpaired) electrons. The van der Waals surface area contributed by atoms with Crippen LogP contribution in [0.2, 0.25) is 0 Å². The van der Waals surface area contributed by atoms with E-state index in [-0.39, 0.29) is 0 Å². The molecule has 0 unspecified atom stereocenters. The zero-order valence-electron chi connectivity index (χ0n) is 10.1. The Morgan fingerprint density at radius 2 is 2.12 bits per heavy atom. The van der Waals surface area contributed by atoms with Crippen molar-refractivity contribution in [1.29, 1.82) is 0 Å². The van der Waals surface area contributed by atoms with Gasteiger partial charge in [0, 0.05) is 24.6 Å². The molecule has 0 saturated heterocycles. The van der Waals surface area contributed by atoms with E-state index in [1.54, 1.807) is 0 Å². The molecular formula is C12H18BrN3. The van der Waals surface area contributed by atoms with Gasteiger partial charge in [0.15, 0.2) is 0 Å². The van der Waals surface area contributed by atoms with E-state index in [1.165, 1.54) is 12.8 Å². The van der Waals surface area contributed by atoms with Crippen molar-refractivity contribution in [2.75, 3.05) is 11.4 Å². The van der Waals surface area contributed by atoms with Gasteiger partial charge in [0.25, 0.3) is 0 Å². The summed E-state index contributed by atoms with van der Waals surface area (Å²) in [6.45, 7) is 7.45. The zero-order chi connectivity index (χ0) is 11.7. The second kappa shape index (κ2) is 4.70. The molecule has 0 amide bonds. The molecule has 4 heteroatoms. The number of rotatable bonds is 4. The van der Waals surface area contributed by atoms with Crippen molar-refractivity contribution >= 4 is 21.7 Å². The summed E-state index contributed by atoms with van der Waals surface area (Å²) < 4.78 is 0.889. The maximum absolute atomic E-state index is 4.65. The van der Waals surface area contributed by atoms with Gasteiger partial charge in [0.1, 0.15) is 16.2 Å². The first-order valence-corrected chi connectivity index (χ1v) is 6.72. The topological polar surface area (TPSA) is 29.0 Å². The van der Waals surface area contributed by atoms with Gasteiger partial charge >= 0.3 is 0 Å². The molecule has 0 bridgehead atoms. The Morgan fingerprint density at radius 1 is 1.44 bits per heavy atom. The van der Waals surface area contributed by atoms with Gasteiger partial charge in [-0.2, -0.15) is 0 Å². The minimum atomic E-state index is 0.370. The Kier molecular flexibility index (Phi) is 3.47.